The van der Waals surface area contributed by atoms with Crippen LogP contribution in [0.2, 0.25) is 0 Å². The molecule has 0 spiro atoms. The molecule has 31 heavy (non-hydrogen) atoms. The van der Waals surface area contributed by atoms with Crippen molar-refractivity contribution in [2.45, 2.75) is 58.0 Å². The van der Waals surface area contributed by atoms with E-state index in [1.807, 2.05) is 51.1 Å². The minimum atomic E-state index is -0.604. The molecular weight excluding hydrogens is 388 g/mol. The maximum atomic E-state index is 13.5. The molecular formula is C26H28N2O3. The molecule has 1 aromatic heterocycles. The van der Waals surface area contributed by atoms with E-state index in [2.05, 4.69) is 17.1 Å². The first-order valence-electron chi connectivity index (χ1n) is 11.0. The van der Waals surface area contributed by atoms with Gasteiger partial charge in [0, 0.05) is 41.7 Å². The largest absolute Gasteiger partial charge is 0.462 e. The molecule has 0 saturated heterocycles. The van der Waals surface area contributed by atoms with Crippen LogP contribution in [0.25, 0.3) is 0 Å². The maximum absolute atomic E-state index is 13.5. The lowest BCUT2D eigenvalue weighted by Gasteiger charge is -2.36. The third kappa shape index (κ3) is 4.22. The van der Waals surface area contributed by atoms with Crippen molar-refractivity contribution in [2.24, 2.45) is 10.9 Å². The fourth-order valence-electron chi connectivity index (χ4n) is 4.61. The molecule has 5 heteroatoms. The molecule has 1 unspecified atom stereocenters. The minimum Gasteiger partial charge on any atom is -0.462 e. The maximum Gasteiger partial charge on any atom is 0.315 e. The lowest BCUT2D eigenvalue weighted by atomic mass is 9.69. The van der Waals surface area contributed by atoms with E-state index in [0.29, 0.717) is 24.1 Å². The first-order chi connectivity index (χ1) is 15.0. The molecule has 5 nitrogen and oxygen atoms in total. The second-order valence-electron chi connectivity index (χ2n) is 8.44. The van der Waals surface area contributed by atoms with Crippen LogP contribution in [0.4, 0.5) is 0 Å². The Hall–Kier alpha value is -3.08. The van der Waals surface area contributed by atoms with Crippen molar-refractivity contribution in [2.75, 3.05) is 0 Å². The van der Waals surface area contributed by atoms with Crippen LogP contribution in [0, 0.1) is 5.92 Å². The SMILES string of the molecule is CC[C@H](C)OC(=O)C1C(C)=NC2=C(C(=O)C[C@H](c3ccccc3)C2)[C@H]1c1ccncc1. The average molecular weight is 417 g/mol. The van der Waals surface area contributed by atoms with Gasteiger partial charge in [-0.2, -0.15) is 0 Å². The van der Waals surface area contributed by atoms with Crippen LogP contribution >= 0.6 is 0 Å². The van der Waals surface area contributed by atoms with Crippen LogP contribution in [-0.4, -0.2) is 28.6 Å². The molecule has 0 fully saturated rings. The Morgan fingerprint density at radius 1 is 1.10 bits per heavy atom. The first-order valence-corrected chi connectivity index (χ1v) is 11.0. The summed E-state index contributed by atoms with van der Waals surface area (Å²) < 4.78 is 5.70. The van der Waals surface area contributed by atoms with Crippen LogP contribution in [-0.2, 0) is 14.3 Å². The predicted molar refractivity (Wildman–Crippen MR) is 120 cm³/mol. The summed E-state index contributed by atoms with van der Waals surface area (Å²) in [5.74, 6) is -1.15. The highest BCUT2D eigenvalue weighted by atomic mass is 16.5. The highest BCUT2D eigenvalue weighted by molar-refractivity contribution is 6.09. The van der Waals surface area contributed by atoms with Gasteiger partial charge < -0.3 is 4.74 Å². The summed E-state index contributed by atoms with van der Waals surface area (Å²) in [6.45, 7) is 5.74. The lowest BCUT2D eigenvalue weighted by molar-refractivity contribution is -0.151. The molecule has 2 aromatic rings. The van der Waals surface area contributed by atoms with Crippen LogP contribution in [0.5, 0.6) is 0 Å². The summed E-state index contributed by atoms with van der Waals surface area (Å²) in [4.78, 5) is 35.5. The Kier molecular flexibility index (Phi) is 6.12. The van der Waals surface area contributed by atoms with Crippen LogP contribution in [0.1, 0.15) is 63.0 Å². The minimum absolute atomic E-state index is 0.0644. The van der Waals surface area contributed by atoms with E-state index in [1.165, 1.54) is 0 Å². The van der Waals surface area contributed by atoms with E-state index in [-0.39, 0.29) is 23.8 Å². The van der Waals surface area contributed by atoms with E-state index < -0.39 is 11.8 Å². The van der Waals surface area contributed by atoms with Crippen LogP contribution in [0.15, 0.2) is 71.1 Å². The van der Waals surface area contributed by atoms with Gasteiger partial charge in [0.15, 0.2) is 5.78 Å². The van der Waals surface area contributed by atoms with E-state index in [1.54, 1.807) is 12.4 Å². The van der Waals surface area contributed by atoms with Gasteiger partial charge in [-0.1, -0.05) is 37.3 Å². The third-order valence-corrected chi connectivity index (χ3v) is 6.37. The molecule has 160 valence electrons. The number of allylic oxidation sites excluding steroid dienone is 2. The molecule has 0 N–H and O–H groups in total. The van der Waals surface area contributed by atoms with Gasteiger partial charge in [0.2, 0.25) is 0 Å². The summed E-state index contributed by atoms with van der Waals surface area (Å²) in [6.07, 6.45) is 5.07. The summed E-state index contributed by atoms with van der Waals surface area (Å²) in [7, 11) is 0. The number of Topliss-reactive ketones (excluding diaryl/α,β-unsaturated/α-hetero) is 1. The molecule has 4 atom stereocenters. The van der Waals surface area contributed by atoms with Crippen molar-refractivity contribution in [3.05, 3.63) is 77.3 Å². The summed E-state index contributed by atoms with van der Waals surface area (Å²) in [5.41, 5.74) is 4.21. The molecule has 1 aliphatic heterocycles. The standard InChI is InChI=1S/C26H28N2O3/c1-4-16(2)31-26(30)23-17(3)28-21-14-20(18-8-6-5-7-9-18)15-22(29)25(21)24(23)19-10-12-27-13-11-19/h5-13,16,20,23-24H,4,14-15H2,1-3H3/t16-,20+,23?,24-/m0/s1. The number of carbonyl (C=O) groups excluding carboxylic acids is 2. The van der Waals surface area contributed by atoms with Gasteiger partial charge in [-0.25, -0.2) is 0 Å². The van der Waals surface area contributed by atoms with Crippen LogP contribution < -0.4 is 0 Å². The Balaban J connectivity index is 1.76. The average Bonchev–Trinajstić information content (AvgIpc) is 2.79. The van der Waals surface area contributed by atoms with Crippen molar-refractivity contribution < 1.29 is 14.3 Å². The fraction of sp³-hybridized carbons (Fsp3) is 0.385. The molecule has 2 aliphatic rings. The Morgan fingerprint density at radius 2 is 1.81 bits per heavy atom. The highest BCUT2D eigenvalue weighted by Gasteiger charge is 2.44. The van der Waals surface area contributed by atoms with E-state index in [9.17, 15) is 9.59 Å². The molecule has 0 bridgehead atoms. The zero-order chi connectivity index (χ0) is 22.0. The second-order valence-corrected chi connectivity index (χ2v) is 8.44. The molecule has 0 saturated carbocycles. The smallest absolute Gasteiger partial charge is 0.315 e. The number of hydrogen-bond acceptors (Lipinski definition) is 5. The van der Waals surface area contributed by atoms with Crippen molar-refractivity contribution in [3.8, 4) is 0 Å². The number of hydrogen-bond donors (Lipinski definition) is 0. The lowest BCUT2D eigenvalue weighted by Crippen LogP contribution is -2.39. The summed E-state index contributed by atoms with van der Waals surface area (Å²) in [5, 5.41) is 0. The Labute approximate surface area is 183 Å². The number of aromatic nitrogens is 1. The van der Waals surface area contributed by atoms with Crippen molar-refractivity contribution >= 4 is 17.5 Å². The molecule has 0 amide bonds. The number of carbonyl (C=O) groups is 2. The van der Waals surface area contributed by atoms with E-state index >= 15 is 0 Å². The number of aliphatic imine (C=N–C) groups is 1. The van der Waals surface area contributed by atoms with Gasteiger partial charge in [-0.3, -0.25) is 19.6 Å². The number of ketones is 1. The fourth-order valence-corrected chi connectivity index (χ4v) is 4.61. The van der Waals surface area contributed by atoms with Crippen molar-refractivity contribution in [1.82, 2.24) is 4.98 Å². The molecule has 1 aliphatic carbocycles. The zero-order valence-corrected chi connectivity index (χ0v) is 18.2. The number of pyridine rings is 1. The highest BCUT2D eigenvalue weighted by Crippen LogP contribution is 2.46. The van der Waals surface area contributed by atoms with Gasteiger partial charge in [-0.05, 0) is 55.9 Å². The quantitative estimate of drug-likeness (QED) is 0.644. The molecule has 1 aromatic carbocycles. The Bertz CT molecular complexity index is 1030. The number of benzene rings is 1. The number of esters is 1. The van der Waals surface area contributed by atoms with Gasteiger partial charge in [0.1, 0.15) is 5.92 Å². The van der Waals surface area contributed by atoms with Crippen molar-refractivity contribution in [1.29, 1.82) is 0 Å². The number of nitrogens with zero attached hydrogens (tertiary/aromatic N) is 2. The van der Waals surface area contributed by atoms with Gasteiger partial charge in [-0.15, -0.1) is 0 Å². The van der Waals surface area contributed by atoms with Gasteiger partial charge in [0.05, 0.1) is 6.10 Å². The zero-order valence-electron chi connectivity index (χ0n) is 18.2. The van der Waals surface area contributed by atoms with E-state index in [4.69, 9.17) is 9.73 Å². The van der Waals surface area contributed by atoms with Gasteiger partial charge in [0.25, 0.3) is 0 Å². The topological polar surface area (TPSA) is 68.6 Å². The predicted octanol–water partition coefficient (Wildman–Crippen LogP) is 5.00. The van der Waals surface area contributed by atoms with E-state index in [0.717, 1.165) is 23.2 Å². The Morgan fingerprint density at radius 3 is 2.48 bits per heavy atom. The summed E-state index contributed by atoms with van der Waals surface area (Å²) >= 11 is 0. The van der Waals surface area contributed by atoms with Crippen LogP contribution in [0.3, 0.4) is 0 Å². The first kappa shape index (κ1) is 21.2. The monoisotopic (exact) mass is 416 g/mol. The normalized spacial score (nSPS) is 24.3. The van der Waals surface area contributed by atoms with Gasteiger partial charge >= 0.3 is 5.97 Å². The second kappa shape index (κ2) is 8.96. The molecule has 4 rings (SSSR count). The third-order valence-electron chi connectivity index (χ3n) is 6.37. The molecule has 2 heterocycles. The molecule has 0 radical (unpaired) electrons. The number of rotatable bonds is 5. The van der Waals surface area contributed by atoms with Crippen molar-refractivity contribution in [3.63, 3.8) is 0 Å². The summed E-state index contributed by atoms with van der Waals surface area (Å²) in [6, 6.07) is 13.9. The number of ether oxygens (including phenoxy) is 1.